The molecule has 0 saturated heterocycles. The number of nitrogens with two attached hydrogens (primary N) is 1. The maximum absolute atomic E-state index is 5.82. The van der Waals surface area contributed by atoms with Crippen LogP contribution in [0.15, 0.2) is 30.4 Å². The van der Waals surface area contributed by atoms with Crippen LogP contribution in [0.2, 0.25) is 0 Å². The van der Waals surface area contributed by atoms with Crippen LogP contribution in [0.3, 0.4) is 0 Å². The van der Waals surface area contributed by atoms with Crippen molar-refractivity contribution in [2.24, 2.45) is 5.73 Å². The van der Waals surface area contributed by atoms with Gasteiger partial charge >= 0.3 is 0 Å². The van der Waals surface area contributed by atoms with Gasteiger partial charge in [-0.25, -0.2) is 0 Å². The Bertz CT molecular complexity index is 413. The largest absolute Gasteiger partial charge is 0.490 e. The fraction of sp³-hybridized carbons (Fsp3) is 0.500. The third-order valence-corrected chi connectivity index (χ3v) is 2.65. The van der Waals surface area contributed by atoms with Crippen molar-refractivity contribution in [1.82, 2.24) is 0 Å². The number of hydrogen-bond acceptors (Lipinski definition) is 3. The molecule has 0 amide bonds. The van der Waals surface area contributed by atoms with Crippen LogP contribution in [0.4, 0.5) is 0 Å². The second-order valence-electron chi connectivity index (χ2n) is 4.95. The quantitative estimate of drug-likeness (QED) is 0.732. The molecule has 0 radical (unpaired) electrons. The molecule has 0 aromatic heterocycles. The molecule has 1 aromatic carbocycles. The van der Waals surface area contributed by atoms with Crippen molar-refractivity contribution < 1.29 is 9.47 Å². The zero-order valence-corrected chi connectivity index (χ0v) is 12.2. The molecule has 3 nitrogen and oxygen atoms in total. The molecule has 0 fully saturated rings. The first-order valence-corrected chi connectivity index (χ1v) is 6.81. The Kier molecular flexibility index (Phi) is 6.43. The van der Waals surface area contributed by atoms with E-state index in [1.54, 1.807) is 0 Å². The summed E-state index contributed by atoms with van der Waals surface area (Å²) in [6.07, 6.45) is 1.69. The second kappa shape index (κ2) is 7.85. The van der Waals surface area contributed by atoms with Crippen LogP contribution in [-0.4, -0.2) is 19.3 Å². The van der Waals surface area contributed by atoms with Crippen molar-refractivity contribution in [2.45, 2.75) is 39.7 Å². The first-order valence-electron chi connectivity index (χ1n) is 6.81. The van der Waals surface area contributed by atoms with Crippen molar-refractivity contribution in [3.63, 3.8) is 0 Å². The standard InChI is InChI=1S/C16H25NO2/c1-5-18-16-11-14(10-13(4)17)6-7-15(16)19-9-8-12(2)3/h6-7,11,13H,2,5,8-10,17H2,1,3-4H3. The van der Waals surface area contributed by atoms with Crippen LogP contribution in [0.5, 0.6) is 11.5 Å². The molecule has 1 atom stereocenters. The molecule has 3 heteroatoms. The molecule has 0 saturated carbocycles. The zero-order chi connectivity index (χ0) is 14.3. The lowest BCUT2D eigenvalue weighted by Gasteiger charge is -2.14. The van der Waals surface area contributed by atoms with Crippen LogP contribution < -0.4 is 15.2 Å². The Balaban J connectivity index is 2.75. The number of rotatable bonds is 8. The Morgan fingerprint density at radius 3 is 2.63 bits per heavy atom. The molecule has 19 heavy (non-hydrogen) atoms. The predicted octanol–water partition coefficient (Wildman–Crippen LogP) is 3.32. The molecule has 1 unspecified atom stereocenters. The lowest BCUT2D eigenvalue weighted by atomic mass is 10.1. The first-order chi connectivity index (χ1) is 9.02. The van der Waals surface area contributed by atoms with Gasteiger partial charge < -0.3 is 15.2 Å². The summed E-state index contributed by atoms with van der Waals surface area (Å²) in [5, 5.41) is 0. The summed E-state index contributed by atoms with van der Waals surface area (Å²) >= 11 is 0. The minimum absolute atomic E-state index is 0.143. The van der Waals surface area contributed by atoms with Crippen molar-refractivity contribution >= 4 is 0 Å². The highest BCUT2D eigenvalue weighted by atomic mass is 16.5. The topological polar surface area (TPSA) is 44.5 Å². The summed E-state index contributed by atoms with van der Waals surface area (Å²) in [5.74, 6) is 1.58. The molecule has 2 N–H and O–H groups in total. The maximum atomic E-state index is 5.82. The van der Waals surface area contributed by atoms with Gasteiger partial charge in [0.1, 0.15) is 0 Å². The van der Waals surface area contributed by atoms with Gasteiger partial charge in [-0.05, 0) is 44.9 Å². The highest BCUT2D eigenvalue weighted by molar-refractivity contribution is 5.43. The lowest BCUT2D eigenvalue weighted by Crippen LogP contribution is -2.17. The summed E-state index contributed by atoms with van der Waals surface area (Å²) in [6.45, 7) is 11.1. The molecule has 0 aliphatic carbocycles. The highest BCUT2D eigenvalue weighted by Gasteiger charge is 2.07. The van der Waals surface area contributed by atoms with Crippen molar-refractivity contribution in [3.8, 4) is 11.5 Å². The van der Waals surface area contributed by atoms with Crippen molar-refractivity contribution in [1.29, 1.82) is 0 Å². The predicted molar refractivity (Wildman–Crippen MR) is 79.9 cm³/mol. The summed E-state index contributed by atoms with van der Waals surface area (Å²) in [7, 11) is 0. The SMILES string of the molecule is C=C(C)CCOc1ccc(CC(C)N)cc1OCC. The van der Waals surface area contributed by atoms with E-state index in [4.69, 9.17) is 15.2 Å². The average molecular weight is 263 g/mol. The highest BCUT2D eigenvalue weighted by Crippen LogP contribution is 2.29. The molecule has 0 heterocycles. The molecule has 0 spiro atoms. The Labute approximate surface area is 116 Å². The van der Waals surface area contributed by atoms with Crippen LogP contribution >= 0.6 is 0 Å². The van der Waals surface area contributed by atoms with Gasteiger partial charge in [0.25, 0.3) is 0 Å². The number of benzene rings is 1. The van der Waals surface area contributed by atoms with Crippen LogP contribution in [-0.2, 0) is 6.42 Å². The minimum atomic E-state index is 0.143. The van der Waals surface area contributed by atoms with Gasteiger partial charge in [-0.2, -0.15) is 0 Å². The average Bonchev–Trinajstić information content (AvgIpc) is 2.31. The molecule has 0 bridgehead atoms. The molecular weight excluding hydrogens is 238 g/mol. The molecule has 1 rings (SSSR count). The van der Waals surface area contributed by atoms with E-state index in [1.807, 2.05) is 39.0 Å². The van der Waals surface area contributed by atoms with Gasteiger partial charge in [0.2, 0.25) is 0 Å². The fourth-order valence-electron chi connectivity index (χ4n) is 1.77. The Morgan fingerprint density at radius 2 is 2.05 bits per heavy atom. The van der Waals surface area contributed by atoms with Gasteiger partial charge in [-0.3, -0.25) is 0 Å². The summed E-state index contributed by atoms with van der Waals surface area (Å²) in [4.78, 5) is 0. The van der Waals surface area contributed by atoms with E-state index in [1.165, 1.54) is 5.56 Å². The molecule has 106 valence electrons. The van der Waals surface area contributed by atoms with Gasteiger partial charge in [-0.15, -0.1) is 6.58 Å². The normalized spacial score (nSPS) is 12.0. The van der Waals surface area contributed by atoms with Crippen LogP contribution in [0.25, 0.3) is 0 Å². The number of ether oxygens (including phenoxy) is 2. The second-order valence-corrected chi connectivity index (χ2v) is 4.95. The van der Waals surface area contributed by atoms with E-state index >= 15 is 0 Å². The van der Waals surface area contributed by atoms with E-state index in [0.29, 0.717) is 13.2 Å². The van der Waals surface area contributed by atoms with E-state index in [-0.39, 0.29) is 6.04 Å². The van der Waals surface area contributed by atoms with Gasteiger partial charge in [0, 0.05) is 12.5 Å². The van der Waals surface area contributed by atoms with Gasteiger partial charge in [0.05, 0.1) is 13.2 Å². The summed E-state index contributed by atoms with van der Waals surface area (Å²) in [6, 6.07) is 6.16. The third kappa shape index (κ3) is 5.79. The van der Waals surface area contributed by atoms with Crippen molar-refractivity contribution in [2.75, 3.05) is 13.2 Å². The summed E-state index contributed by atoms with van der Waals surface area (Å²) < 4.78 is 11.4. The first kappa shape index (κ1) is 15.6. The smallest absolute Gasteiger partial charge is 0.161 e. The maximum Gasteiger partial charge on any atom is 0.161 e. The van der Waals surface area contributed by atoms with Crippen LogP contribution in [0, 0.1) is 0 Å². The van der Waals surface area contributed by atoms with E-state index in [2.05, 4.69) is 6.58 Å². The minimum Gasteiger partial charge on any atom is -0.490 e. The third-order valence-electron chi connectivity index (χ3n) is 2.65. The molecular formula is C16H25NO2. The van der Waals surface area contributed by atoms with Gasteiger partial charge in [0.15, 0.2) is 11.5 Å². The van der Waals surface area contributed by atoms with Crippen LogP contribution in [0.1, 0.15) is 32.8 Å². The van der Waals surface area contributed by atoms with Gasteiger partial charge in [-0.1, -0.05) is 11.6 Å². The lowest BCUT2D eigenvalue weighted by molar-refractivity contribution is 0.279. The monoisotopic (exact) mass is 263 g/mol. The number of hydrogen-bond donors (Lipinski definition) is 1. The Morgan fingerprint density at radius 1 is 1.32 bits per heavy atom. The summed E-state index contributed by atoms with van der Waals surface area (Å²) in [5.41, 5.74) is 8.11. The fourth-order valence-corrected chi connectivity index (χ4v) is 1.77. The van der Waals surface area contributed by atoms with E-state index in [0.717, 1.165) is 29.9 Å². The molecule has 0 aliphatic heterocycles. The molecule has 0 aliphatic rings. The van der Waals surface area contributed by atoms with Crippen molar-refractivity contribution in [3.05, 3.63) is 35.9 Å². The van der Waals surface area contributed by atoms with E-state index < -0.39 is 0 Å². The zero-order valence-electron chi connectivity index (χ0n) is 12.2. The Hall–Kier alpha value is -1.48. The molecule has 1 aromatic rings. The van der Waals surface area contributed by atoms with E-state index in [9.17, 15) is 0 Å².